The zero-order valence-electron chi connectivity index (χ0n) is 15.0. The van der Waals surface area contributed by atoms with E-state index in [2.05, 4.69) is 15.4 Å². The van der Waals surface area contributed by atoms with Crippen LogP contribution in [0.25, 0.3) is 0 Å². The summed E-state index contributed by atoms with van der Waals surface area (Å²) in [6, 6.07) is 0. The second-order valence-corrected chi connectivity index (χ2v) is 5.44. The molecule has 0 saturated heterocycles. The molecule has 0 unspecified atom stereocenters. The summed E-state index contributed by atoms with van der Waals surface area (Å²) in [6.45, 7) is 11.9. The fraction of sp³-hybridized carbons (Fsp3) is 0.688. The lowest BCUT2D eigenvalue weighted by atomic mass is 10.4. The highest BCUT2D eigenvalue weighted by atomic mass is 16.2. The Morgan fingerprint density at radius 3 is 2.57 bits per heavy atom. The number of amides is 1. The third kappa shape index (κ3) is 6.30. The largest absolute Gasteiger partial charge is 0.357 e. The van der Waals surface area contributed by atoms with Gasteiger partial charge in [-0.2, -0.15) is 5.10 Å². The summed E-state index contributed by atoms with van der Waals surface area (Å²) in [4.78, 5) is 20.5. The minimum Gasteiger partial charge on any atom is -0.357 e. The van der Waals surface area contributed by atoms with Crippen LogP contribution in [0.3, 0.4) is 0 Å². The van der Waals surface area contributed by atoms with E-state index in [4.69, 9.17) is 0 Å². The van der Waals surface area contributed by atoms with E-state index in [0.29, 0.717) is 13.1 Å². The standard InChI is InChI=1S/C16H30N6O/c1-6-17-16(18-9-10-22-12-14(4)11-19-22)20(5)13-15(23)21(7-2)8-3/h11-12H,6-10,13H2,1-5H3,(H,17,18). The van der Waals surface area contributed by atoms with Crippen molar-refractivity contribution < 1.29 is 4.79 Å². The average molecular weight is 322 g/mol. The fourth-order valence-corrected chi connectivity index (χ4v) is 2.27. The van der Waals surface area contributed by atoms with Crippen LogP contribution in [-0.4, -0.2) is 71.2 Å². The second-order valence-electron chi connectivity index (χ2n) is 5.44. The van der Waals surface area contributed by atoms with Gasteiger partial charge in [-0.05, 0) is 33.3 Å². The number of likely N-dealkylation sites (N-methyl/N-ethyl adjacent to an activating group) is 2. The molecule has 0 aliphatic heterocycles. The predicted octanol–water partition coefficient (Wildman–Crippen LogP) is 0.957. The smallest absolute Gasteiger partial charge is 0.242 e. The van der Waals surface area contributed by atoms with E-state index in [-0.39, 0.29) is 5.91 Å². The van der Waals surface area contributed by atoms with E-state index in [1.54, 1.807) is 0 Å². The molecule has 0 radical (unpaired) electrons. The lowest BCUT2D eigenvalue weighted by molar-refractivity contribution is -0.131. The molecule has 1 amide bonds. The second kappa shape index (κ2) is 9.86. The first-order chi connectivity index (χ1) is 11.0. The molecule has 7 heteroatoms. The van der Waals surface area contributed by atoms with Gasteiger partial charge >= 0.3 is 0 Å². The topological polar surface area (TPSA) is 65.8 Å². The van der Waals surface area contributed by atoms with Crippen molar-refractivity contribution >= 4 is 11.9 Å². The molecular formula is C16H30N6O. The Morgan fingerprint density at radius 2 is 2.04 bits per heavy atom. The van der Waals surface area contributed by atoms with Crippen LogP contribution in [-0.2, 0) is 11.3 Å². The van der Waals surface area contributed by atoms with Gasteiger partial charge in [0.15, 0.2) is 5.96 Å². The van der Waals surface area contributed by atoms with Crippen molar-refractivity contribution in [2.75, 3.05) is 39.8 Å². The van der Waals surface area contributed by atoms with Crippen LogP contribution in [0.4, 0.5) is 0 Å². The highest BCUT2D eigenvalue weighted by molar-refractivity contribution is 5.86. The van der Waals surface area contributed by atoms with Crippen LogP contribution in [0.1, 0.15) is 26.3 Å². The molecule has 1 aromatic rings. The van der Waals surface area contributed by atoms with E-state index >= 15 is 0 Å². The van der Waals surface area contributed by atoms with Gasteiger partial charge in [-0.25, -0.2) is 0 Å². The Labute approximate surface area is 139 Å². The van der Waals surface area contributed by atoms with Crippen molar-refractivity contribution in [2.45, 2.75) is 34.2 Å². The summed E-state index contributed by atoms with van der Waals surface area (Å²) in [5.41, 5.74) is 1.14. The summed E-state index contributed by atoms with van der Waals surface area (Å²) >= 11 is 0. The number of nitrogens with zero attached hydrogens (tertiary/aromatic N) is 5. The number of hydrogen-bond acceptors (Lipinski definition) is 3. The van der Waals surface area contributed by atoms with Gasteiger partial charge in [0, 0.05) is 32.9 Å². The number of guanidine groups is 1. The molecule has 23 heavy (non-hydrogen) atoms. The number of aryl methyl sites for hydroxylation is 1. The number of aliphatic imine (C=N–C) groups is 1. The lowest BCUT2D eigenvalue weighted by Gasteiger charge is -2.25. The molecule has 1 heterocycles. The van der Waals surface area contributed by atoms with E-state index in [1.807, 2.05) is 61.6 Å². The van der Waals surface area contributed by atoms with Gasteiger partial charge in [-0.1, -0.05) is 0 Å². The summed E-state index contributed by atoms with van der Waals surface area (Å²) in [6.07, 6.45) is 3.83. The van der Waals surface area contributed by atoms with Crippen molar-refractivity contribution in [3.05, 3.63) is 18.0 Å². The molecule has 0 spiro atoms. The van der Waals surface area contributed by atoms with Crippen LogP contribution in [0, 0.1) is 6.92 Å². The molecule has 7 nitrogen and oxygen atoms in total. The van der Waals surface area contributed by atoms with E-state index in [1.165, 1.54) is 0 Å². The first-order valence-electron chi connectivity index (χ1n) is 8.28. The summed E-state index contributed by atoms with van der Waals surface area (Å²) in [5.74, 6) is 0.864. The van der Waals surface area contributed by atoms with Crippen LogP contribution in [0.15, 0.2) is 17.4 Å². The normalized spacial score (nSPS) is 11.4. The number of nitrogens with one attached hydrogen (secondary N) is 1. The summed E-state index contributed by atoms with van der Waals surface area (Å²) in [5, 5.41) is 7.48. The number of carbonyl (C=O) groups is 1. The third-order valence-electron chi connectivity index (χ3n) is 3.54. The highest BCUT2D eigenvalue weighted by Gasteiger charge is 2.14. The predicted molar refractivity (Wildman–Crippen MR) is 93.5 cm³/mol. The van der Waals surface area contributed by atoms with Gasteiger partial charge < -0.3 is 15.1 Å². The Morgan fingerprint density at radius 1 is 1.35 bits per heavy atom. The van der Waals surface area contributed by atoms with Gasteiger partial charge in [0.25, 0.3) is 0 Å². The van der Waals surface area contributed by atoms with Gasteiger partial charge in [0.05, 0.1) is 25.8 Å². The van der Waals surface area contributed by atoms with Crippen molar-refractivity contribution in [1.82, 2.24) is 24.9 Å². The lowest BCUT2D eigenvalue weighted by Crippen LogP contribution is -2.45. The van der Waals surface area contributed by atoms with Gasteiger partial charge in [-0.15, -0.1) is 0 Å². The van der Waals surface area contributed by atoms with E-state index in [9.17, 15) is 4.79 Å². The van der Waals surface area contributed by atoms with Crippen molar-refractivity contribution in [1.29, 1.82) is 0 Å². The minimum atomic E-state index is 0.116. The molecule has 1 aromatic heterocycles. The number of aromatic nitrogens is 2. The quantitative estimate of drug-likeness (QED) is 0.572. The maximum Gasteiger partial charge on any atom is 0.242 e. The first-order valence-corrected chi connectivity index (χ1v) is 8.28. The number of hydrogen-bond donors (Lipinski definition) is 1. The third-order valence-corrected chi connectivity index (χ3v) is 3.54. The Balaban J connectivity index is 2.60. The molecule has 0 saturated carbocycles. The van der Waals surface area contributed by atoms with E-state index in [0.717, 1.165) is 37.7 Å². The number of carbonyl (C=O) groups excluding carboxylic acids is 1. The van der Waals surface area contributed by atoms with Crippen LogP contribution in [0.2, 0.25) is 0 Å². The van der Waals surface area contributed by atoms with Gasteiger partial charge in [-0.3, -0.25) is 14.5 Å². The molecule has 0 bridgehead atoms. The molecule has 0 aromatic carbocycles. The monoisotopic (exact) mass is 322 g/mol. The van der Waals surface area contributed by atoms with Crippen LogP contribution in [0.5, 0.6) is 0 Å². The molecule has 130 valence electrons. The van der Waals surface area contributed by atoms with E-state index < -0.39 is 0 Å². The van der Waals surface area contributed by atoms with Crippen molar-refractivity contribution in [3.8, 4) is 0 Å². The van der Waals surface area contributed by atoms with Crippen LogP contribution >= 0.6 is 0 Å². The molecule has 0 aliphatic carbocycles. The molecule has 0 fully saturated rings. The fourth-order valence-electron chi connectivity index (χ4n) is 2.27. The maximum absolute atomic E-state index is 12.2. The summed E-state index contributed by atoms with van der Waals surface area (Å²) in [7, 11) is 1.89. The average Bonchev–Trinajstić information content (AvgIpc) is 2.93. The highest BCUT2D eigenvalue weighted by Crippen LogP contribution is 1.96. The zero-order chi connectivity index (χ0) is 17.2. The molecule has 0 atom stereocenters. The summed E-state index contributed by atoms with van der Waals surface area (Å²) < 4.78 is 1.88. The first kappa shape index (κ1) is 19.0. The Hall–Kier alpha value is -2.05. The SMILES string of the molecule is CCNC(=NCCn1cc(C)cn1)N(C)CC(=O)N(CC)CC. The number of rotatable bonds is 8. The molecule has 1 N–H and O–H groups in total. The Bertz CT molecular complexity index is 506. The molecule has 1 rings (SSSR count). The van der Waals surface area contributed by atoms with Crippen LogP contribution < -0.4 is 5.32 Å². The Kier molecular flexibility index (Phi) is 8.15. The van der Waals surface area contributed by atoms with Gasteiger partial charge in [0.1, 0.15) is 0 Å². The molecule has 0 aliphatic rings. The van der Waals surface area contributed by atoms with Gasteiger partial charge in [0.2, 0.25) is 5.91 Å². The van der Waals surface area contributed by atoms with Crippen molar-refractivity contribution in [2.24, 2.45) is 4.99 Å². The molecular weight excluding hydrogens is 292 g/mol. The van der Waals surface area contributed by atoms with Crippen molar-refractivity contribution in [3.63, 3.8) is 0 Å². The maximum atomic E-state index is 12.2. The minimum absolute atomic E-state index is 0.116. The zero-order valence-corrected chi connectivity index (χ0v) is 15.0.